The van der Waals surface area contributed by atoms with Gasteiger partial charge in [-0.2, -0.15) is 0 Å². The van der Waals surface area contributed by atoms with Gasteiger partial charge < -0.3 is 9.53 Å². The maximum absolute atomic E-state index is 11.1. The molecule has 0 aliphatic heterocycles. The third-order valence-corrected chi connectivity index (χ3v) is 11.4. The van der Waals surface area contributed by atoms with E-state index in [4.69, 9.17) is 14.5 Å². The van der Waals surface area contributed by atoms with Crippen LogP contribution in [0, 0.1) is 6.92 Å². The highest BCUT2D eigenvalue weighted by molar-refractivity contribution is 6.74. The Morgan fingerprint density at radius 2 is 1.94 bits per heavy atom. The molecule has 1 aliphatic carbocycles. The lowest BCUT2D eigenvalue weighted by Crippen LogP contribution is -2.40. The minimum atomic E-state index is -1.94. The number of carbonyl (C=O) groups is 1. The topological polar surface area (TPSA) is 97.2 Å². The Balaban J connectivity index is 1.70. The smallest absolute Gasteiger partial charge is 0.409 e. The van der Waals surface area contributed by atoms with Crippen LogP contribution in [-0.4, -0.2) is 34.5 Å². The van der Waals surface area contributed by atoms with Crippen LogP contribution in [0.3, 0.4) is 0 Å². The minimum Gasteiger partial charge on any atom is -0.465 e. The normalized spacial score (nSPS) is 18.4. The van der Waals surface area contributed by atoms with Crippen molar-refractivity contribution >= 4 is 31.0 Å². The van der Waals surface area contributed by atoms with E-state index in [9.17, 15) is 4.79 Å². The van der Waals surface area contributed by atoms with Gasteiger partial charge in [-0.15, -0.1) is 0 Å². The van der Waals surface area contributed by atoms with Crippen LogP contribution in [0.5, 0.6) is 0 Å². The van der Waals surface area contributed by atoms with E-state index in [1.54, 1.807) is 12.1 Å². The van der Waals surface area contributed by atoms with Gasteiger partial charge in [0.25, 0.3) is 0 Å². The molecule has 1 fully saturated rings. The molecule has 4 rings (SSSR count). The fourth-order valence-corrected chi connectivity index (χ4v) is 4.71. The Bertz CT molecular complexity index is 1210. The highest BCUT2D eigenvalue weighted by atomic mass is 28.4. The number of nitrogens with zero attached hydrogens (tertiary/aromatic N) is 3. The number of anilines is 1. The lowest BCUT2D eigenvalue weighted by Gasteiger charge is -2.36. The number of pyridine rings is 1. The number of benzene rings is 1. The zero-order chi connectivity index (χ0) is 24.0. The monoisotopic (exact) mass is 464 g/mol. The number of aromatic nitrogens is 3. The standard InChI is InChI=1S/C25H32N4O3Si/c1-15-9-10-26-23(27-15)20-13-19(20)21-11-16(14-32-33(5,6)25(2,3)4)18-8-7-17(28-24(30)31)12-22(18)29-21/h7-12,19-20,28H,13-14H2,1-6H3,(H,30,31)/t19-,20-/m0/s1. The molecule has 0 spiro atoms. The zero-order valence-electron chi connectivity index (χ0n) is 20.1. The predicted molar refractivity (Wildman–Crippen MR) is 132 cm³/mol. The van der Waals surface area contributed by atoms with Crippen LogP contribution < -0.4 is 5.32 Å². The third-order valence-electron chi connectivity index (χ3n) is 6.88. The molecule has 8 heteroatoms. The average molecular weight is 465 g/mol. The molecule has 2 N–H and O–H groups in total. The van der Waals surface area contributed by atoms with Gasteiger partial charge in [0.2, 0.25) is 0 Å². The van der Waals surface area contributed by atoms with E-state index in [-0.39, 0.29) is 16.9 Å². The molecule has 3 aromatic rings. The van der Waals surface area contributed by atoms with Crippen LogP contribution in [0.25, 0.3) is 10.9 Å². The van der Waals surface area contributed by atoms with Crippen molar-refractivity contribution in [2.75, 3.05) is 5.32 Å². The second-order valence-electron chi connectivity index (χ2n) is 10.4. The van der Waals surface area contributed by atoms with E-state index in [1.807, 2.05) is 25.3 Å². The fraction of sp³-hybridized carbons (Fsp3) is 0.440. The average Bonchev–Trinajstić information content (AvgIpc) is 3.51. The van der Waals surface area contributed by atoms with Crippen LogP contribution in [0.4, 0.5) is 10.5 Å². The second kappa shape index (κ2) is 8.50. The SMILES string of the molecule is Cc1ccnc([C@H]2C[C@@H]2c2cc(CO[Si](C)(C)C(C)(C)C)c3ccc(NC(=O)O)cc3n2)n1. The van der Waals surface area contributed by atoms with Gasteiger partial charge in [-0.3, -0.25) is 10.3 Å². The number of amides is 1. The largest absolute Gasteiger partial charge is 0.465 e. The summed E-state index contributed by atoms with van der Waals surface area (Å²) in [5.74, 6) is 1.37. The lowest BCUT2D eigenvalue weighted by molar-refractivity contribution is 0.210. The number of fused-ring (bicyclic) bond motifs is 1. The molecule has 1 aliphatic rings. The molecule has 0 radical (unpaired) electrons. The summed E-state index contributed by atoms with van der Waals surface area (Å²) in [5.41, 5.74) is 4.30. The van der Waals surface area contributed by atoms with Gasteiger partial charge in [-0.05, 0) is 61.3 Å². The molecule has 1 aromatic carbocycles. The Morgan fingerprint density at radius 1 is 1.18 bits per heavy atom. The highest BCUT2D eigenvalue weighted by Crippen LogP contribution is 2.53. The summed E-state index contributed by atoms with van der Waals surface area (Å²) in [6.07, 6.45) is 1.67. The molecule has 0 saturated heterocycles. The van der Waals surface area contributed by atoms with Crippen LogP contribution in [-0.2, 0) is 11.0 Å². The van der Waals surface area contributed by atoms with Crippen molar-refractivity contribution in [1.82, 2.24) is 15.0 Å². The Hall–Kier alpha value is -2.84. The molecule has 2 heterocycles. The van der Waals surface area contributed by atoms with Crippen molar-refractivity contribution in [3.05, 3.63) is 59.3 Å². The van der Waals surface area contributed by atoms with Crippen molar-refractivity contribution in [3.8, 4) is 0 Å². The predicted octanol–water partition coefficient (Wildman–Crippen LogP) is 6.22. The fourth-order valence-electron chi connectivity index (χ4n) is 3.76. The Labute approximate surface area is 195 Å². The summed E-state index contributed by atoms with van der Waals surface area (Å²) in [5, 5.41) is 12.6. The molecular weight excluding hydrogens is 432 g/mol. The van der Waals surface area contributed by atoms with Gasteiger partial charge in [-0.1, -0.05) is 26.8 Å². The van der Waals surface area contributed by atoms with E-state index in [0.29, 0.717) is 12.3 Å². The van der Waals surface area contributed by atoms with Crippen LogP contribution in [0.15, 0.2) is 36.5 Å². The summed E-state index contributed by atoms with van der Waals surface area (Å²) in [6, 6.07) is 9.55. The first-order chi connectivity index (χ1) is 15.4. The summed E-state index contributed by atoms with van der Waals surface area (Å²) in [6.45, 7) is 13.7. The van der Waals surface area contributed by atoms with E-state index in [2.05, 4.69) is 55.2 Å². The second-order valence-corrected chi connectivity index (χ2v) is 15.2. The van der Waals surface area contributed by atoms with Gasteiger partial charge in [0.1, 0.15) is 5.82 Å². The first kappa shape index (κ1) is 23.3. The number of carboxylic acid groups (broad SMARTS) is 1. The maximum Gasteiger partial charge on any atom is 0.409 e. The van der Waals surface area contributed by atoms with Crippen molar-refractivity contribution < 1.29 is 14.3 Å². The van der Waals surface area contributed by atoms with Gasteiger partial charge in [0, 0.05) is 40.5 Å². The van der Waals surface area contributed by atoms with Crippen LogP contribution >= 0.6 is 0 Å². The molecule has 33 heavy (non-hydrogen) atoms. The summed E-state index contributed by atoms with van der Waals surface area (Å²) in [4.78, 5) is 25.1. The molecule has 1 saturated carbocycles. The van der Waals surface area contributed by atoms with Gasteiger partial charge in [-0.25, -0.2) is 14.8 Å². The van der Waals surface area contributed by atoms with Gasteiger partial charge in [0.05, 0.1) is 12.1 Å². The maximum atomic E-state index is 11.1. The highest BCUT2D eigenvalue weighted by Gasteiger charge is 2.43. The van der Waals surface area contributed by atoms with Crippen LogP contribution in [0.2, 0.25) is 18.1 Å². The Kier molecular flexibility index (Phi) is 6.00. The van der Waals surface area contributed by atoms with E-state index >= 15 is 0 Å². The third kappa shape index (κ3) is 5.07. The quantitative estimate of drug-likeness (QED) is 0.421. The molecule has 0 bridgehead atoms. The summed E-state index contributed by atoms with van der Waals surface area (Å²) in [7, 11) is -1.94. The van der Waals surface area contributed by atoms with Gasteiger partial charge >= 0.3 is 6.09 Å². The molecule has 1 amide bonds. The molecular formula is C25H32N4O3Si. The van der Waals surface area contributed by atoms with E-state index in [1.165, 1.54) is 0 Å². The first-order valence-electron chi connectivity index (χ1n) is 11.3. The summed E-state index contributed by atoms with van der Waals surface area (Å²) < 4.78 is 6.54. The number of rotatable bonds is 6. The van der Waals surface area contributed by atoms with E-state index in [0.717, 1.165) is 40.1 Å². The van der Waals surface area contributed by atoms with Crippen molar-refractivity contribution in [2.45, 2.75) is 70.7 Å². The minimum absolute atomic E-state index is 0.112. The molecule has 7 nitrogen and oxygen atoms in total. The molecule has 174 valence electrons. The van der Waals surface area contributed by atoms with Crippen molar-refractivity contribution in [2.24, 2.45) is 0 Å². The number of hydrogen-bond donors (Lipinski definition) is 2. The number of aryl methyl sites for hydroxylation is 1. The molecule has 2 atom stereocenters. The number of nitrogens with one attached hydrogen (secondary N) is 1. The number of hydrogen-bond acceptors (Lipinski definition) is 5. The first-order valence-corrected chi connectivity index (χ1v) is 14.2. The van der Waals surface area contributed by atoms with Gasteiger partial charge in [0.15, 0.2) is 8.32 Å². The zero-order valence-corrected chi connectivity index (χ0v) is 21.1. The van der Waals surface area contributed by atoms with Crippen molar-refractivity contribution in [3.63, 3.8) is 0 Å². The summed E-state index contributed by atoms with van der Waals surface area (Å²) >= 11 is 0. The lowest BCUT2D eigenvalue weighted by atomic mass is 10.1. The van der Waals surface area contributed by atoms with Crippen LogP contribution in [0.1, 0.15) is 61.8 Å². The molecule has 2 aromatic heterocycles. The molecule has 0 unspecified atom stereocenters. The van der Waals surface area contributed by atoms with Crippen molar-refractivity contribution in [1.29, 1.82) is 0 Å². The Morgan fingerprint density at radius 3 is 2.61 bits per heavy atom. The van der Waals surface area contributed by atoms with E-state index < -0.39 is 14.4 Å².